The van der Waals surface area contributed by atoms with Crippen LogP contribution in [-0.2, 0) is 6.54 Å². The monoisotopic (exact) mass is 343 g/mol. The number of aromatic nitrogens is 2. The maximum Gasteiger partial charge on any atom is 0.314 e. The molecule has 0 unspecified atom stereocenters. The summed E-state index contributed by atoms with van der Waals surface area (Å²) >= 11 is 0. The van der Waals surface area contributed by atoms with Gasteiger partial charge in [-0.05, 0) is 38.8 Å². The Balaban J connectivity index is 1.78. The highest BCUT2D eigenvalue weighted by Crippen LogP contribution is 2.18. The zero-order chi connectivity index (χ0) is 17.8. The van der Waals surface area contributed by atoms with Gasteiger partial charge in [-0.25, -0.2) is 9.78 Å². The highest BCUT2D eigenvalue weighted by Gasteiger charge is 2.24. The molecule has 0 saturated carbocycles. The van der Waals surface area contributed by atoms with Crippen LogP contribution in [0.1, 0.15) is 26.7 Å². The largest absolute Gasteiger partial charge is 0.352 e. The molecule has 2 N–H and O–H groups in total. The van der Waals surface area contributed by atoms with E-state index in [1.165, 1.54) is 0 Å². The number of hydrogen-bond acceptors (Lipinski definition) is 4. The number of carbonyl (C=O) groups is 1. The third-order valence-electron chi connectivity index (χ3n) is 4.62. The smallest absolute Gasteiger partial charge is 0.314 e. The normalized spacial score (nSPS) is 15.4. The summed E-state index contributed by atoms with van der Waals surface area (Å²) in [5.41, 5.74) is 1.66. The van der Waals surface area contributed by atoms with Crippen LogP contribution in [0, 0.1) is 0 Å². The number of urea groups is 1. The Bertz CT molecular complexity index is 809. The molecule has 2 aromatic rings. The van der Waals surface area contributed by atoms with Gasteiger partial charge in [-0.1, -0.05) is 12.1 Å². The number of benzene rings is 1. The molecule has 1 saturated heterocycles. The van der Waals surface area contributed by atoms with Crippen molar-refractivity contribution in [3.63, 3.8) is 0 Å². The second-order valence-electron chi connectivity index (χ2n) is 6.24. The van der Waals surface area contributed by atoms with Gasteiger partial charge in [-0.2, -0.15) is 0 Å². The molecule has 0 radical (unpaired) electrons. The van der Waals surface area contributed by atoms with Crippen LogP contribution in [0.4, 0.5) is 10.6 Å². The number of nitrogens with zero attached hydrogens (tertiary/aromatic N) is 3. The summed E-state index contributed by atoms with van der Waals surface area (Å²) in [6.07, 6.45) is 1.61. The molecule has 1 fully saturated rings. The van der Waals surface area contributed by atoms with E-state index in [9.17, 15) is 9.59 Å². The van der Waals surface area contributed by atoms with E-state index < -0.39 is 0 Å². The van der Waals surface area contributed by atoms with E-state index in [2.05, 4.69) is 15.6 Å². The Morgan fingerprint density at radius 1 is 1.24 bits per heavy atom. The lowest BCUT2D eigenvalue weighted by atomic mass is 10.1. The van der Waals surface area contributed by atoms with Crippen LogP contribution in [0.15, 0.2) is 29.1 Å². The van der Waals surface area contributed by atoms with Crippen LogP contribution >= 0.6 is 0 Å². The fraction of sp³-hybridized carbons (Fsp3) is 0.500. The second-order valence-corrected chi connectivity index (χ2v) is 6.24. The maximum atomic E-state index is 12.8. The number of hydrogen-bond donors (Lipinski definition) is 2. The first-order chi connectivity index (χ1) is 12.1. The number of amides is 2. The average Bonchev–Trinajstić information content (AvgIpc) is 2.62. The van der Waals surface area contributed by atoms with E-state index >= 15 is 0 Å². The van der Waals surface area contributed by atoms with Crippen LogP contribution in [0.3, 0.4) is 0 Å². The first-order valence-electron chi connectivity index (χ1n) is 8.93. The number of anilines is 1. The molecule has 134 valence electrons. The molecular formula is C18H25N5O2. The van der Waals surface area contributed by atoms with Gasteiger partial charge in [0.1, 0.15) is 0 Å². The molecule has 1 aliphatic rings. The first-order valence-corrected chi connectivity index (χ1v) is 8.93. The Morgan fingerprint density at radius 2 is 1.96 bits per heavy atom. The van der Waals surface area contributed by atoms with Gasteiger partial charge in [0.05, 0.1) is 11.0 Å². The van der Waals surface area contributed by atoms with Crippen molar-refractivity contribution in [2.45, 2.75) is 39.3 Å². The van der Waals surface area contributed by atoms with Crippen molar-refractivity contribution in [2.24, 2.45) is 0 Å². The van der Waals surface area contributed by atoms with Crippen LogP contribution in [0.5, 0.6) is 0 Å². The molecule has 3 rings (SSSR count). The molecule has 1 aromatic heterocycles. The lowest BCUT2D eigenvalue weighted by Crippen LogP contribution is -2.49. The summed E-state index contributed by atoms with van der Waals surface area (Å²) in [6, 6.07) is 7.74. The predicted octanol–water partition coefficient (Wildman–Crippen LogP) is 1.70. The number of fused-ring (bicyclic) bond motifs is 1. The number of aryl methyl sites for hydroxylation is 1. The van der Waals surface area contributed by atoms with Crippen LogP contribution in [0.2, 0.25) is 0 Å². The minimum Gasteiger partial charge on any atom is -0.352 e. The number of rotatable bonds is 4. The Labute approximate surface area is 147 Å². The van der Waals surface area contributed by atoms with E-state index in [0.717, 1.165) is 23.9 Å². The summed E-state index contributed by atoms with van der Waals surface area (Å²) in [7, 11) is 0. The van der Waals surface area contributed by atoms with Crippen molar-refractivity contribution in [1.82, 2.24) is 20.2 Å². The van der Waals surface area contributed by atoms with Gasteiger partial charge in [0.2, 0.25) is 0 Å². The van der Waals surface area contributed by atoms with E-state index in [0.29, 0.717) is 32.0 Å². The van der Waals surface area contributed by atoms with Gasteiger partial charge in [-0.3, -0.25) is 4.79 Å². The molecule has 2 amide bonds. The molecule has 0 spiro atoms. The lowest BCUT2D eigenvalue weighted by molar-refractivity contribution is 0.235. The van der Waals surface area contributed by atoms with Gasteiger partial charge in [-0.15, -0.1) is 0 Å². The van der Waals surface area contributed by atoms with Crippen molar-refractivity contribution in [3.05, 3.63) is 34.6 Å². The molecule has 0 bridgehead atoms. The zero-order valence-electron chi connectivity index (χ0n) is 14.8. The molecular weight excluding hydrogens is 318 g/mol. The van der Waals surface area contributed by atoms with Crippen molar-refractivity contribution in [3.8, 4) is 0 Å². The van der Waals surface area contributed by atoms with Gasteiger partial charge in [0, 0.05) is 32.2 Å². The molecule has 2 heterocycles. The van der Waals surface area contributed by atoms with E-state index in [1.54, 1.807) is 4.57 Å². The summed E-state index contributed by atoms with van der Waals surface area (Å²) in [5, 5.41) is 5.73. The van der Waals surface area contributed by atoms with Crippen molar-refractivity contribution >= 4 is 22.9 Å². The second kappa shape index (κ2) is 7.55. The predicted molar refractivity (Wildman–Crippen MR) is 99.1 cm³/mol. The molecule has 25 heavy (non-hydrogen) atoms. The minimum absolute atomic E-state index is 0.0451. The van der Waals surface area contributed by atoms with Crippen LogP contribution in [0.25, 0.3) is 11.0 Å². The standard InChI is InChI=1S/C18H25N5O2/c1-3-19-18(25)20-13-9-11-22(12-10-13)16-17(24)23(4-2)15-8-6-5-7-14(15)21-16/h5-8,13H,3-4,9-12H2,1-2H3,(H2,19,20,25). The van der Waals surface area contributed by atoms with E-state index in [4.69, 9.17) is 0 Å². The molecule has 0 atom stereocenters. The van der Waals surface area contributed by atoms with Crippen LogP contribution in [-0.4, -0.2) is 41.3 Å². The van der Waals surface area contributed by atoms with E-state index in [-0.39, 0.29) is 17.6 Å². The van der Waals surface area contributed by atoms with Gasteiger partial charge >= 0.3 is 6.03 Å². The molecule has 7 heteroatoms. The zero-order valence-corrected chi connectivity index (χ0v) is 14.8. The quantitative estimate of drug-likeness (QED) is 0.886. The summed E-state index contributed by atoms with van der Waals surface area (Å²) in [5.74, 6) is 0.511. The van der Waals surface area contributed by atoms with Crippen LogP contribution < -0.4 is 21.1 Å². The first kappa shape index (κ1) is 17.3. The van der Waals surface area contributed by atoms with Gasteiger partial charge < -0.3 is 20.1 Å². The molecule has 1 aromatic carbocycles. The molecule has 0 aliphatic carbocycles. The third kappa shape index (κ3) is 3.60. The topological polar surface area (TPSA) is 79.3 Å². The maximum absolute atomic E-state index is 12.8. The van der Waals surface area contributed by atoms with Gasteiger partial charge in [0.25, 0.3) is 5.56 Å². The average molecular weight is 343 g/mol. The number of para-hydroxylation sites is 2. The third-order valence-corrected chi connectivity index (χ3v) is 4.62. The Morgan fingerprint density at radius 3 is 2.64 bits per heavy atom. The summed E-state index contributed by atoms with van der Waals surface area (Å²) < 4.78 is 1.77. The highest BCUT2D eigenvalue weighted by atomic mass is 16.2. The van der Waals surface area contributed by atoms with Crippen molar-refractivity contribution in [1.29, 1.82) is 0 Å². The lowest BCUT2D eigenvalue weighted by Gasteiger charge is -2.33. The molecule has 7 nitrogen and oxygen atoms in total. The summed E-state index contributed by atoms with van der Waals surface area (Å²) in [4.78, 5) is 31.1. The molecule has 1 aliphatic heterocycles. The van der Waals surface area contributed by atoms with Gasteiger partial charge in [0.15, 0.2) is 5.82 Å². The van der Waals surface area contributed by atoms with E-state index in [1.807, 2.05) is 43.0 Å². The number of piperidine rings is 1. The van der Waals surface area contributed by atoms with Crippen molar-refractivity contribution in [2.75, 3.05) is 24.5 Å². The fourth-order valence-electron chi connectivity index (χ4n) is 3.33. The SMILES string of the molecule is CCNC(=O)NC1CCN(c2nc3ccccc3n(CC)c2=O)CC1. The van der Waals surface area contributed by atoms with Crippen molar-refractivity contribution < 1.29 is 4.79 Å². The fourth-order valence-corrected chi connectivity index (χ4v) is 3.33. The minimum atomic E-state index is -0.127. The number of carbonyl (C=O) groups excluding carboxylic acids is 1. The highest BCUT2D eigenvalue weighted by molar-refractivity contribution is 5.76. The Hall–Kier alpha value is -2.57. The summed E-state index contributed by atoms with van der Waals surface area (Å²) in [6.45, 7) is 6.52. The number of nitrogens with one attached hydrogen (secondary N) is 2. The Kier molecular flexibility index (Phi) is 5.21.